The molecule has 0 aromatic carbocycles. The lowest BCUT2D eigenvalue weighted by Gasteiger charge is -2.39. The van der Waals surface area contributed by atoms with Crippen LogP contribution in [-0.4, -0.2) is 127 Å². The normalized spacial score (nSPS) is 12.2. The monoisotopic (exact) mass is 1480 g/mol. The Hall–Kier alpha value is 0.100. The Morgan fingerprint density at radius 1 is 0.168 bits per heavy atom. The van der Waals surface area contributed by atoms with Crippen LogP contribution in [0, 0.1) is 0 Å². The van der Waals surface area contributed by atoms with Gasteiger partial charge in [-0.3, -0.25) is 0 Å². The molecule has 0 atom stereocenters. The van der Waals surface area contributed by atoms with E-state index >= 15 is 0 Å². The molecule has 0 aromatic heterocycles. The number of hydrogen-bond acceptors (Lipinski definition) is 7. The standard InChI is InChI=1S/4C22H48N.H4O7P2/c4*1-5-7-9-11-13-15-17-19-21-23(3,4)22-20-18-16-14-12-10-8-6-2;1-8(2,3)7-9(4,5)6/h4*5-22H2,1-4H3;(H2,1,2,3)(H2,4,5,6)/q4*+1;/p-4. The molecule has 0 bridgehead atoms. The fourth-order valence-corrected chi connectivity index (χ4v) is 14.9. The van der Waals surface area contributed by atoms with E-state index in [0.717, 1.165) is 0 Å². The van der Waals surface area contributed by atoms with Crippen LogP contribution in [0.25, 0.3) is 0 Å². The summed E-state index contributed by atoms with van der Waals surface area (Å²) in [4.78, 5) is 37.3. The Labute approximate surface area is 638 Å². The molecule has 0 amide bonds. The van der Waals surface area contributed by atoms with Gasteiger partial charge in [-0.25, -0.2) is 0 Å². The van der Waals surface area contributed by atoms with Crippen LogP contribution in [0.3, 0.4) is 0 Å². The second-order valence-electron chi connectivity index (χ2n) is 34.3. The highest BCUT2D eigenvalue weighted by molar-refractivity contribution is 7.57. The molecule has 0 saturated carbocycles. The zero-order valence-electron chi connectivity index (χ0n) is 72.5. The molecule has 0 rings (SSSR count). The van der Waals surface area contributed by atoms with Crippen LogP contribution in [0.4, 0.5) is 0 Å². The van der Waals surface area contributed by atoms with Gasteiger partial charge < -0.3 is 50.9 Å². The predicted molar refractivity (Wildman–Crippen MR) is 445 cm³/mol. The maximum Gasteiger partial charge on any atom is 0.0782 e. The van der Waals surface area contributed by atoms with Gasteiger partial charge in [0.15, 0.2) is 0 Å². The average molecular weight is 1480 g/mol. The van der Waals surface area contributed by atoms with Crippen molar-refractivity contribution in [2.24, 2.45) is 0 Å². The first-order valence-electron chi connectivity index (χ1n) is 45.2. The van der Waals surface area contributed by atoms with Crippen LogP contribution >= 0.6 is 15.6 Å². The molecule has 0 radical (unpaired) electrons. The number of unbranched alkanes of at least 4 members (excludes halogenated alkanes) is 56. The third kappa shape index (κ3) is 109. The van der Waals surface area contributed by atoms with E-state index in [-0.39, 0.29) is 0 Å². The van der Waals surface area contributed by atoms with Gasteiger partial charge in [-0.2, -0.15) is 0 Å². The van der Waals surface area contributed by atoms with Crippen LogP contribution in [-0.2, 0) is 13.4 Å². The highest BCUT2D eigenvalue weighted by Gasteiger charge is 2.17. The molecular weight excluding hydrogens is 1290 g/mol. The minimum Gasteiger partial charge on any atom is -0.790 e. The molecule has 0 aliphatic rings. The first kappa shape index (κ1) is 110. The van der Waals surface area contributed by atoms with Gasteiger partial charge >= 0.3 is 0 Å². The van der Waals surface area contributed by atoms with Gasteiger partial charge in [-0.05, 0) is 103 Å². The molecule has 0 aromatic rings. The molecule has 0 saturated heterocycles. The lowest BCUT2D eigenvalue weighted by molar-refractivity contribution is -0.890. The number of hydrogen-bond donors (Lipinski definition) is 0. The molecule has 0 N–H and O–H groups in total. The van der Waals surface area contributed by atoms with E-state index in [2.05, 4.69) is 116 Å². The van der Waals surface area contributed by atoms with E-state index in [9.17, 15) is 28.7 Å². The van der Waals surface area contributed by atoms with Crippen molar-refractivity contribution in [2.75, 3.05) is 109 Å². The minimum atomic E-state index is -5.68. The van der Waals surface area contributed by atoms with Crippen molar-refractivity contribution in [3.63, 3.8) is 0 Å². The van der Waals surface area contributed by atoms with Crippen LogP contribution in [0.1, 0.15) is 466 Å². The third-order valence-electron chi connectivity index (χ3n) is 21.1. The summed E-state index contributed by atoms with van der Waals surface area (Å²) in [6, 6.07) is 0. The van der Waals surface area contributed by atoms with Crippen molar-refractivity contribution in [2.45, 2.75) is 466 Å². The second-order valence-corrected chi connectivity index (χ2v) is 36.7. The van der Waals surface area contributed by atoms with Crippen molar-refractivity contribution < 1.29 is 50.9 Å². The highest BCUT2D eigenvalue weighted by Crippen LogP contribution is 2.42. The zero-order valence-corrected chi connectivity index (χ0v) is 74.2. The van der Waals surface area contributed by atoms with Crippen molar-refractivity contribution in [1.29, 1.82) is 0 Å². The molecule has 11 nitrogen and oxygen atoms in total. The lowest BCUT2D eigenvalue weighted by Crippen LogP contribution is -2.41. The molecule has 101 heavy (non-hydrogen) atoms. The summed E-state index contributed by atoms with van der Waals surface area (Å²) in [6.07, 6.45) is 92.1. The van der Waals surface area contributed by atoms with E-state index in [1.54, 1.807) is 0 Å². The third-order valence-corrected chi connectivity index (χ3v) is 22.7. The van der Waals surface area contributed by atoms with Crippen molar-refractivity contribution in [3.8, 4) is 0 Å². The minimum absolute atomic E-state index is 1.24. The quantitative estimate of drug-likeness (QED) is 0.0336. The van der Waals surface area contributed by atoms with E-state index < -0.39 is 15.6 Å². The Morgan fingerprint density at radius 3 is 0.317 bits per heavy atom. The summed E-state index contributed by atoms with van der Waals surface area (Å²) >= 11 is 0. The van der Waals surface area contributed by atoms with E-state index in [0.29, 0.717) is 0 Å². The lowest BCUT2D eigenvalue weighted by atomic mass is 10.1. The van der Waals surface area contributed by atoms with Crippen LogP contribution in [0.15, 0.2) is 0 Å². The largest absolute Gasteiger partial charge is 0.790 e. The van der Waals surface area contributed by atoms with Gasteiger partial charge in [-0.15, -0.1) is 0 Å². The first-order valence-corrected chi connectivity index (χ1v) is 48.1. The average Bonchev–Trinajstić information content (AvgIpc) is 1.17. The topological polar surface area (TPSA) is 136 Å². The first-order chi connectivity index (χ1) is 48.2. The van der Waals surface area contributed by atoms with Crippen LogP contribution in [0.2, 0.25) is 0 Å². The Kier molecular flexibility index (Phi) is 89.7. The summed E-state index contributed by atoms with van der Waals surface area (Å²) in [5.74, 6) is 0. The molecule has 0 heterocycles. The second kappa shape index (κ2) is 82.6. The summed E-state index contributed by atoms with van der Waals surface area (Å²) in [6.45, 7) is 29.4. The molecule has 0 aliphatic heterocycles. The van der Waals surface area contributed by atoms with Crippen molar-refractivity contribution in [1.82, 2.24) is 0 Å². The number of rotatable bonds is 74. The van der Waals surface area contributed by atoms with Gasteiger partial charge in [0.25, 0.3) is 0 Å². The fraction of sp³-hybridized carbons (Fsp3) is 1.00. The van der Waals surface area contributed by atoms with Crippen LogP contribution in [0.5, 0.6) is 0 Å². The van der Waals surface area contributed by atoms with E-state index in [4.69, 9.17) is 0 Å². The van der Waals surface area contributed by atoms with Gasteiger partial charge in [0.05, 0.1) is 124 Å². The zero-order chi connectivity index (χ0) is 76.6. The summed E-state index contributed by atoms with van der Waals surface area (Å²) < 4.78 is 26.1. The number of phosphoric acid groups is 2. The molecule has 0 aliphatic carbocycles. The van der Waals surface area contributed by atoms with E-state index in [1.165, 1.54) is 481 Å². The maximum atomic E-state index is 9.32. The smallest absolute Gasteiger partial charge is 0.0782 e. The predicted octanol–water partition coefficient (Wildman–Crippen LogP) is 26.0. The van der Waals surface area contributed by atoms with Gasteiger partial charge in [0.1, 0.15) is 0 Å². The SMILES string of the molecule is CCCCCCCCCC[N+](C)(C)CCCCCCCCCC.CCCCCCCCCC[N+](C)(C)CCCCCCCCCC.CCCCCCCCCC[N+](C)(C)CCCCCCCCCC.CCCCCCCCCC[N+](C)(C)CCCCCCCCCC.O=P([O-])([O-])OP(=O)([O-])[O-]. The summed E-state index contributed by atoms with van der Waals surface area (Å²) in [5, 5.41) is 0. The van der Waals surface area contributed by atoms with E-state index in [1.807, 2.05) is 0 Å². The van der Waals surface area contributed by atoms with Crippen molar-refractivity contribution >= 4 is 15.6 Å². The maximum absolute atomic E-state index is 9.32. The Morgan fingerprint density at radius 2 is 0.248 bits per heavy atom. The molecule has 0 unspecified atom stereocenters. The Balaban J connectivity index is -0.000000389. The fourth-order valence-electron chi connectivity index (χ4n) is 14.0. The summed E-state index contributed by atoms with van der Waals surface area (Å²) in [5.41, 5.74) is 0. The molecule has 13 heteroatoms. The van der Waals surface area contributed by atoms with Crippen molar-refractivity contribution in [3.05, 3.63) is 0 Å². The number of quaternary nitrogens is 4. The van der Waals surface area contributed by atoms with Gasteiger partial charge in [0.2, 0.25) is 0 Å². The summed E-state index contributed by atoms with van der Waals surface area (Å²) in [7, 11) is 8.11. The number of nitrogens with zero attached hydrogens (tertiary/aromatic N) is 4. The van der Waals surface area contributed by atoms with Gasteiger partial charge in [0, 0.05) is 0 Å². The van der Waals surface area contributed by atoms with Crippen LogP contribution < -0.4 is 19.6 Å². The molecule has 0 fully saturated rings. The molecule has 616 valence electrons. The molecular formula is C88H192N4O7P2. The van der Waals surface area contributed by atoms with Gasteiger partial charge in [-0.1, -0.05) is 364 Å². The molecule has 0 spiro atoms. The Bertz CT molecular complexity index is 1340. The highest BCUT2D eigenvalue weighted by atomic mass is 31.3.